The second-order valence-electron chi connectivity index (χ2n) is 7.34. The van der Waals surface area contributed by atoms with Gasteiger partial charge in [-0.2, -0.15) is 0 Å². The molecule has 1 unspecified atom stereocenters. The van der Waals surface area contributed by atoms with Gasteiger partial charge in [0.2, 0.25) is 5.91 Å². The highest BCUT2D eigenvalue weighted by atomic mass is 16.2. The quantitative estimate of drug-likeness (QED) is 0.766. The van der Waals surface area contributed by atoms with Gasteiger partial charge in [-0.05, 0) is 50.9 Å². The minimum atomic E-state index is 0.315. The van der Waals surface area contributed by atoms with Crippen molar-refractivity contribution in [2.75, 3.05) is 33.2 Å². The smallest absolute Gasteiger partial charge is 0.223 e. The Balaban J connectivity index is 1.49. The number of hydrogen-bond acceptors (Lipinski definition) is 4. The van der Waals surface area contributed by atoms with E-state index < -0.39 is 0 Å². The molecule has 2 aliphatic rings. The van der Waals surface area contributed by atoms with Gasteiger partial charge < -0.3 is 9.80 Å². The third-order valence-corrected chi connectivity index (χ3v) is 5.35. The highest BCUT2D eigenvalue weighted by Gasteiger charge is 2.32. The van der Waals surface area contributed by atoms with Gasteiger partial charge in [-0.15, -0.1) is 0 Å². The number of piperazine rings is 1. The molecule has 5 heteroatoms. The monoisotopic (exact) mass is 330 g/mol. The molecular weight excluding hydrogens is 300 g/mol. The summed E-state index contributed by atoms with van der Waals surface area (Å²) in [6, 6.07) is 4.97. The molecule has 3 rings (SSSR count). The zero-order chi connectivity index (χ0) is 16.9. The number of aromatic nitrogens is 1. The summed E-state index contributed by atoms with van der Waals surface area (Å²) in [5.41, 5.74) is 1.18. The normalized spacial score (nSPS) is 20.8. The van der Waals surface area contributed by atoms with Crippen molar-refractivity contribution in [2.45, 2.75) is 51.2 Å². The molecule has 1 aliphatic carbocycles. The van der Waals surface area contributed by atoms with Gasteiger partial charge in [-0.25, -0.2) is 0 Å². The van der Waals surface area contributed by atoms with E-state index in [1.807, 2.05) is 12.1 Å². The first-order valence-corrected chi connectivity index (χ1v) is 9.24. The first kappa shape index (κ1) is 17.4. The van der Waals surface area contributed by atoms with E-state index in [2.05, 4.69) is 33.7 Å². The molecule has 132 valence electrons. The summed E-state index contributed by atoms with van der Waals surface area (Å²) in [7, 11) is 2.18. The molecule has 1 aromatic rings. The Morgan fingerprint density at radius 1 is 1.25 bits per heavy atom. The molecule has 1 amide bonds. The molecule has 1 atom stereocenters. The maximum Gasteiger partial charge on any atom is 0.223 e. The van der Waals surface area contributed by atoms with E-state index in [0.717, 1.165) is 52.0 Å². The highest BCUT2D eigenvalue weighted by Crippen LogP contribution is 2.29. The predicted molar refractivity (Wildman–Crippen MR) is 95.6 cm³/mol. The molecule has 0 spiro atoms. The lowest BCUT2D eigenvalue weighted by Crippen LogP contribution is -2.48. The fourth-order valence-electron chi connectivity index (χ4n) is 3.41. The summed E-state index contributed by atoms with van der Waals surface area (Å²) < 4.78 is 0. The fraction of sp³-hybridized carbons (Fsp3) is 0.684. The lowest BCUT2D eigenvalue weighted by atomic mass is 10.1. The van der Waals surface area contributed by atoms with E-state index in [9.17, 15) is 4.79 Å². The van der Waals surface area contributed by atoms with Crippen LogP contribution < -0.4 is 0 Å². The van der Waals surface area contributed by atoms with Crippen LogP contribution in [0.1, 0.15) is 38.2 Å². The maximum atomic E-state index is 12.8. The van der Waals surface area contributed by atoms with Gasteiger partial charge in [0.1, 0.15) is 0 Å². The lowest BCUT2D eigenvalue weighted by molar-refractivity contribution is -0.132. The van der Waals surface area contributed by atoms with E-state index in [4.69, 9.17) is 0 Å². The number of carbonyl (C=O) groups excluding carboxylic acids is 1. The van der Waals surface area contributed by atoms with Crippen molar-refractivity contribution in [3.8, 4) is 0 Å². The van der Waals surface area contributed by atoms with Gasteiger partial charge in [-0.3, -0.25) is 14.7 Å². The van der Waals surface area contributed by atoms with Gasteiger partial charge >= 0.3 is 0 Å². The van der Waals surface area contributed by atoms with Crippen molar-refractivity contribution in [3.63, 3.8) is 0 Å². The molecular formula is C19H30N4O. The van der Waals surface area contributed by atoms with Crippen LogP contribution in [0, 0.1) is 0 Å². The van der Waals surface area contributed by atoms with Crippen molar-refractivity contribution in [3.05, 3.63) is 30.1 Å². The van der Waals surface area contributed by atoms with Gasteiger partial charge in [0, 0.05) is 63.6 Å². The van der Waals surface area contributed by atoms with Crippen molar-refractivity contribution >= 4 is 5.91 Å². The zero-order valence-corrected chi connectivity index (χ0v) is 15.0. The van der Waals surface area contributed by atoms with Crippen LogP contribution in [-0.4, -0.2) is 70.9 Å². The highest BCUT2D eigenvalue weighted by molar-refractivity contribution is 5.77. The molecule has 1 aromatic heterocycles. The third-order valence-electron chi connectivity index (χ3n) is 5.35. The van der Waals surface area contributed by atoms with E-state index in [1.54, 1.807) is 12.4 Å². The van der Waals surface area contributed by atoms with Crippen LogP contribution >= 0.6 is 0 Å². The lowest BCUT2D eigenvalue weighted by Gasteiger charge is -2.36. The van der Waals surface area contributed by atoms with Gasteiger partial charge in [-0.1, -0.05) is 0 Å². The van der Waals surface area contributed by atoms with Crippen LogP contribution in [0.2, 0.25) is 0 Å². The maximum absolute atomic E-state index is 12.8. The molecule has 2 fully saturated rings. The summed E-state index contributed by atoms with van der Waals surface area (Å²) in [5.74, 6) is 0.315. The van der Waals surface area contributed by atoms with E-state index in [0.29, 0.717) is 24.4 Å². The Bertz CT molecular complexity index is 523. The number of hydrogen-bond donors (Lipinski definition) is 0. The number of amides is 1. The van der Waals surface area contributed by atoms with Crippen LogP contribution in [0.5, 0.6) is 0 Å². The average Bonchev–Trinajstić information content (AvgIpc) is 3.44. The molecule has 1 saturated carbocycles. The van der Waals surface area contributed by atoms with Crippen LogP contribution in [0.3, 0.4) is 0 Å². The van der Waals surface area contributed by atoms with Crippen molar-refractivity contribution in [2.24, 2.45) is 0 Å². The standard InChI is InChI=1S/C19H30N4O/c1-16(22-13-11-21(2)12-14-22)3-6-19(24)23(18-4-5-18)15-17-7-9-20-10-8-17/h7-10,16,18H,3-6,11-15H2,1-2H3. The van der Waals surface area contributed by atoms with Gasteiger partial charge in [0.15, 0.2) is 0 Å². The number of likely N-dealkylation sites (N-methyl/N-ethyl adjacent to an activating group) is 1. The summed E-state index contributed by atoms with van der Waals surface area (Å²) in [5, 5.41) is 0. The predicted octanol–water partition coefficient (Wildman–Crippen LogP) is 1.99. The second-order valence-corrected chi connectivity index (χ2v) is 7.34. The minimum Gasteiger partial charge on any atom is -0.335 e. The van der Waals surface area contributed by atoms with Crippen molar-refractivity contribution < 1.29 is 4.79 Å². The number of rotatable bonds is 7. The number of carbonyl (C=O) groups is 1. The first-order valence-electron chi connectivity index (χ1n) is 9.24. The summed E-state index contributed by atoms with van der Waals surface area (Å²) >= 11 is 0. The Morgan fingerprint density at radius 2 is 1.92 bits per heavy atom. The van der Waals surface area contributed by atoms with Gasteiger partial charge in [0.05, 0.1) is 0 Å². The molecule has 1 saturated heterocycles. The Kier molecular flexibility index (Phi) is 5.85. The fourth-order valence-corrected chi connectivity index (χ4v) is 3.41. The molecule has 0 N–H and O–H groups in total. The summed E-state index contributed by atoms with van der Waals surface area (Å²) in [4.78, 5) is 23.8. The molecule has 0 bridgehead atoms. The van der Waals surface area contributed by atoms with E-state index >= 15 is 0 Å². The van der Waals surface area contributed by atoms with E-state index in [-0.39, 0.29) is 0 Å². The molecule has 0 radical (unpaired) electrons. The topological polar surface area (TPSA) is 39.7 Å². The molecule has 5 nitrogen and oxygen atoms in total. The molecule has 1 aliphatic heterocycles. The molecule has 0 aromatic carbocycles. The van der Waals surface area contributed by atoms with E-state index in [1.165, 1.54) is 5.56 Å². The van der Waals surface area contributed by atoms with Crippen molar-refractivity contribution in [1.82, 2.24) is 19.7 Å². The SMILES string of the molecule is CC(CCC(=O)N(Cc1ccncc1)C1CC1)N1CCN(C)CC1. The Morgan fingerprint density at radius 3 is 2.54 bits per heavy atom. The molecule has 24 heavy (non-hydrogen) atoms. The van der Waals surface area contributed by atoms with Crippen LogP contribution in [0.25, 0.3) is 0 Å². The Hall–Kier alpha value is -1.46. The number of nitrogens with zero attached hydrogens (tertiary/aromatic N) is 4. The minimum absolute atomic E-state index is 0.315. The van der Waals surface area contributed by atoms with Crippen molar-refractivity contribution in [1.29, 1.82) is 0 Å². The third kappa shape index (κ3) is 4.77. The zero-order valence-electron chi connectivity index (χ0n) is 15.0. The summed E-state index contributed by atoms with van der Waals surface area (Å²) in [6.07, 6.45) is 7.55. The largest absolute Gasteiger partial charge is 0.335 e. The summed E-state index contributed by atoms with van der Waals surface area (Å²) in [6.45, 7) is 7.51. The average molecular weight is 330 g/mol. The molecule has 2 heterocycles. The number of pyridine rings is 1. The van der Waals surface area contributed by atoms with Crippen LogP contribution in [-0.2, 0) is 11.3 Å². The first-order chi connectivity index (χ1) is 11.6. The van der Waals surface area contributed by atoms with Crippen LogP contribution in [0.15, 0.2) is 24.5 Å². The van der Waals surface area contributed by atoms with Crippen LogP contribution in [0.4, 0.5) is 0 Å². The second kappa shape index (κ2) is 8.08. The Labute approximate surface area is 145 Å². The van der Waals surface area contributed by atoms with Gasteiger partial charge in [0.25, 0.3) is 0 Å².